The van der Waals surface area contributed by atoms with E-state index in [1.165, 1.54) is 18.2 Å². The highest BCUT2D eigenvalue weighted by Crippen LogP contribution is 2.20. The quantitative estimate of drug-likeness (QED) is 0.777. The number of carbonyl (C=O) groups excluding carboxylic acids is 1. The molecule has 0 bridgehead atoms. The van der Waals surface area contributed by atoms with Crippen LogP contribution in [0.2, 0.25) is 0 Å². The van der Waals surface area contributed by atoms with E-state index in [9.17, 15) is 4.79 Å². The summed E-state index contributed by atoms with van der Waals surface area (Å²) in [5.74, 6) is -0.264. The molecule has 0 amide bonds. The fraction of sp³-hybridized carbons (Fsp3) is 0.235. The van der Waals surface area contributed by atoms with Crippen molar-refractivity contribution in [1.29, 1.82) is 0 Å². The van der Waals surface area contributed by atoms with Gasteiger partial charge in [0.25, 0.3) is 0 Å². The van der Waals surface area contributed by atoms with Crippen LogP contribution in [0.25, 0.3) is 11.1 Å². The second-order valence-corrected chi connectivity index (χ2v) is 4.69. The number of rotatable bonds is 4. The SMILES string of the molecule is COC(=O)C(C)Cc1ccc(-c2ccccc2)cc1. The molecule has 0 saturated heterocycles. The minimum Gasteiger partial charge on any atom is -0.469 e. The smallest absolute Gasteiger partial charge is 0.308 e. The van der Waals surface area contributed by atoms with E-state index in [1.54, 1.807) is 0 Å². The van der Waals surface area contributed by atoms with Crippen LogP contribution in [-0.4, -0.2) is 13.1 Å². The Hall–Kier alpha value is -2.09. The van der Waals surface area contributed by atoms with Crippen LogP contribution < -0.4 is 0 Å². The van der Waals surface area contributed by atoms with Crippen molar-refractivity contribution in [2.45, 2.75) is 13.3 Å². The third kappa shape index (κ3) is 3.44. The van der Waals surface area contributed by atoms with E-state index < -0.39 is 0 Å². The minimum absolute atomic E-state index is 0.104. The molecule has 2 aromatic carbocycles. The molecule has 0 aromatic heterocycles. The van der Waals surface area contributed by atoms with Crippen molar-refractivity contribution in [3.8, 4) is 11.1 Å². The normalized spacial score (nSPS) is 11.9. The predicted octanol–water partition coefficient (Wildman–Crippen LogP) is 3.71. The van der Waals surface area contributed by atoms with E-state index >= 15 is 0 Å². The molecule has 98 valence electrons. The van der Waals surface area contributed by atoms with Crippen molar-refractivity contribution in [2.24, 2.45) is 5.92 Å². The van der Waals surface area contributed by atoms with Gasteiger partial charge in [0, 0.05) is 0 Å². The van der Waals surface area contributed by atoms with Gasteiger partial charge < -0.3 is 4.74 Å². The highest BCUT2D eigenvalue weighted by Gasteiger charge is 2.13. The maximum atomic E-state index is 11.4. The van der Waals surface area contributed by atoms with Crippen LogP contribution in [0.4, 0.5) is 0 Å². The summed E-state index contributed by atoms with van der Waals surface area (Å²) in [6.45, 7) is 1.89. The van der Waals surface area contributed by atoms with Gasteiger partial charge in [0.2, 0.25) is 0 Å². The van der Waals surface area contributed by atoms with Crippen molar-refractivity contribution in [2.75, 3.05) is 7.11 Å². The monoisotopic (exact) mass is 254 g/mol. The molecule has 1 unspecified atom stereocenters. The molecule has 0 saturated carbocycles. The van der Waals surface area contributed by atoms with Crippen molar-refractivity contribution in [1.82, 2.24) is 0 Å². The van der Waals surface area contributed by atoms with Gasteiger partial charge in [-0.15, -0.1) is 0 Å². The maximum Gasteiger partial charge on any atom is 0.308 e. The Balaban J connectivity index is 2.09. The Morgan fingerprint density at radius 1 is 1.00 bits per heavy atom. The number of hydrogen-bond acceptors (Lipinski definition) is 2. The van der Waals surface area contributed by atoms with Gasteiger partial charge in [-0.3, -0.25) is 4.79 Å². The summed E-state index contributed by atoms with van der Waals surface area (Å²) in [5, 5.41) is 0. The van der Waals surface area contributed by atoms with Gasteiger partial charge in [0.05, 0.1) is 13.0 Å². The Bertz CT molecular complexity index is 529. The maximum absolute atomic E-state index is 11.4. The first-order valence-electron chi connectivity index (χ1n) is 6.43. The Kier molecular flexibility index (Phi) is 4.35. The van der Waals surface area contributed by atoms with E-state index in [2.05, 4.69) is 36.4 Å². The van der Waals surface area contributed by atoms with Crippen molar-refractivity contribution < 1.29 is 9.53 Å². The molecule has 19 heavy (non-hydrogen) atoms. The van der Waals surface area contributed by atoms with Gasteiger partial charge in [-0.1, -0.05) is 61.5 Å². The molecular weight excluding hydrogens is 236 g/mol. The molecule has 0 aliphatic rings. The van der Waals surface area contributed by atoms with Crippen molar-refractivity contribution in [3.05, 3.63) is 60.2 Å². The largest absolute Gasteiger partial charge is 0.469 e. The number of carbonyl (C=O) groups is 1. The highest BCUT2D eigenvalue weighted by molar-refractivity contribution is 5.72. The topological polar surface area (TPSA) is 26.3 Å². The summed E-state index contributed by atoms with van der Waals surface area (Å²) in [5.41, 5.74) is 3.54. The average Bonchev–Trinajstić information content (AvgIpc) is 2.48. The Morgan fingerprint density at radius 3 is 2.16 bits per heavy atom. The molecule has 0 fully saturated rings. The molecule has 0 aliphatic carbocycles. The van der Waals surface area contributed by atoms with Gasteiger partial charge in [-0.2, -0.15) is 0 Å². The number of benzene rings is 2. The van der Waals surface area contributed by atoms with Crippen LogP contribution in [0.1, 0.15) is 12.5 Å². The Morgan fingerprint density at radius 2 is 1.58 bits per heavy atom. The molecule has 2 nitrogen and oxygen atoms in total. The number of hydrogen-bond donors (Lipinski definition) is 0. The lowest BCUT2D eigenvalue weighted by Crippen LogP contribution is -2.14. The zero-order valence-corrected chi connectivity index (χ0v) is 11.3. The van der Waals surface area contributed by atoms with E-state index in [1.807, 2.05) is 25.1 Å². The summed E-state index contributed by atoms with van der Waals surface area (Å²) in [6, 6.07) is 18.6. The fourth-order valence-electron chi connectivity index (χ4n) is 2.10. The van der Waals surface area contributed by atoms with E-state index in [-0.39, 0.29) is 11.9 Å². The second-order valence-electron chi connectivity index (χ2n) is 4.69. The van der Waals surface area contributed by atoms with Crippen LogP contribution >= 0.6 is 0 Å². The summed E-state index contributed by atoms with van der Waals surface area (Å²) in [6.07, 6.45) is 0.710. The van der Waals surface area contributed by atoms with Crippen molar-refractivity contribution in [3.63, 3.8) is 0 Å². The molecule has 2 heteroatoms. The first kappa shape index (κ1) is 13.3. The number of ether oxygens (including phenoxy) is 1. The van der Waals surface area contributed by atoms with Gasteiger partial charge in [0.15, 0.2) is 0 Å². The lowest BCUT2D eigenvalue weighted by molar-refractivity contribution is -0.144. The third-order valence-electron chi connectivity index (χ3n) is 3.21. The number of esters is 1. The summed E-state index contributed by atoms with van der Waals surface area (Å²) < 4.78 is 4.74. The van der Waals surface area contributed by atoms with Gasteiger partial charge in [0.1, 0.15) is 0 Å². The Labute approximate surface area is 114 Å². The van der Waals surface area contributed by atoms with Crippen LogP contribution in [0, 0.1) is 5.92 Å². The van der Waals surface area contributed by atoms with Crippen LogP contribution in [0.5, 0.6) is 0 Å². The third-order valence-corrected chi connectivity index (χ3v) is 3.21. The first-order valence-corrected chi connectivity index (χ1v) is 6.43. The highest BCUT2D eigenvalue weighted by atomic mass is 16.5. The minimum atomic E-state index is -0.160. The molecule has 0 spiro atoms. The predicted molar refractivity (Wildman–Crippen MR) is 76.8 cm³/mol. The first-order chi connectivity index (χ1) is 9.20. The molecule has 2 rings (SSSR count). The van der Waals surface area contributed by atoms with Crippen LogP contribution in [0.3, 0.4) is 0 Å². The fourth-order valence-corrected chi connectivity index (χ4v) is 2.10. The summed E-state index contributed by atoms with van der Waals surface area (Å²) in [4.78, 5) is 11.4. The van der Waals surface area contributed by atoms with Crippen LogP contribution in [-0.2, 0) is 16.0 Å². The van der Waals surface area contributed by atoms with Crippen molar-refractivity contribution >= 4 is 5.97 Å². The molecular formula is C17H18O2. The van der Waals surface area contributed by atoms with Gasteiger partial charge in [-0.05, 0) is 23.1 Å². The molecule has 0 heterocycles. The lowest BCUT2D eigenvalue weighted by atomic mass is 9.98. The standard InChI is InChI=1S/C17H18O2/c1-13(17(18)19-2)12-14-8-10-16(11-9-14)15-6-4-3-5-7-15/h3-11,13H,12H2,1-2H3. The summed E-state index contributed by atoms with van der Waals surface area (Å²) >= 11 is 0. The van der Waals surface area contributed by atoms with Gasteiger partial charge >= 0.3 is 5.97 Å². The van der Waals surface area contributed by atoms with E-state index in [4.69, 9.17) is 4.74 Å². The molecule has 0 radical (unpaired) electrons. The number of methoxy groups -OCH3 is 1. The molecule has 2 aromatic rings. The molecule has 0 N–H and O–H groups in total. The molecule has 0 aliphatic heterocycles. The summed E-state index contributed by atoms with van der Waals surface area (Å²) in [7, 11) is 1.43. The lowest BCUT2D eigenvalue weighted by Gasteiger charge is -2.09. The average molecular weight is 254 g/mol. The second kappa shape index (κ2) is 6.19. The zero-order chi connectivity index (χ0) is 13.7. The van der Waals surface area contributed by atoms with Gasteiger partial charge in [-0.25, -0.2) is 0 Å². The van der Waals surface area contributed by atoms with E-state index in [0.717, 1.165) is 5.56 Å². The van der Waals surface area contributed by atoms with E-state index in [0.29, 0.717) is 6.42 Å². The molecule has 1 atom stereocenters. The van der Waals surface area contributed by atoms with Crippen LogP contribution in [0.15, 0.2) is 54.6 Å². The zero-order valence-electron chi connectivity index (χ0n) is 11.3.